The van der Waals surface area contributed by atoms with Crippen molar-refractivity contribution in [1.29, 1.82) is 0 Å². The monoisotopic (exact) mass is 450 g/mol. The lowest BCUT2D eigenvalue weighted by Gasteiger charge is -2.17. The van der Waals surface area contributed by atoms with Crippen LogP contribution in [0.5, 0.6) is 0 Å². The van der Waals surface area contributed by atoms with E-state index in [9.17, 15) is 18.0 Å². The first-order valence-electron chi connectivity index (χ1n) is 8.26. The average Bonchev–Trinajstić information content (AvgIpc) is 2.73. The van der Waals surface area contributed by atoms with E-state index in [1.54, 1.807) is 19.9 Å². The van der Waals surface area contributed by atoms with E-state index in [0.717, 1.165) is 14.3 Å². The second kappa shape index (κ2) is 6.76. The Morgan fingerprint density at radius 3 is 2.30 bits per heavy atom. The number of halogens is 1. The Morgan fingerprint density at radius 2 is 1.78 bits per heavy atom. The number of hydrogen-bond acceptors (Lipinski definition) is 4. The number of hydrogen-bond donors (Lipinski definition) is 1. The molecule has 0 spiro atoms. The van der Waals surface area contributed by atoms with Crippen molar-refractivity contribution in [1.82, 2.24) is 0 Å². The van der Waals surface area contributed by atoms with Gasteiger partial charge in [0.25, 0.3) is 5.91 Å². The van der Waals surface area contributed by atoms with Gasteiger partial charge in [-0.15, -0.1) is 0 Å². The second-order valence-corrected chi connectivity index (χ2v) is 9.90. The third kappa shape index (κ3) is 3.77. The smallest absolute Gasteiger partial charge is 0.255 e. The predicted molar refractivity (Wildman–Crippen MR) is 108 cm³/mol. The van der Waals surface area contributed by atoms with E-state index in [1.165, 1.54) is 24.3 Å². The van der Waals surface area contributed by atoms with Crippen molar-refractivity contribution < 1.29 is 18.0 Å². The second-order valence-electron chi connectivity index (χ2n) is 7.17. The van der Waals surface area contributed by atoms with Crippen LogP contribution in [0.4, 0.5) is 11.4 Å². The number of sulfonamides is 1. The van der Waals surface area contributed by atoms with Crippen molar-refractivity contribution in [2.75, 3.05) is 15.4 Å². The van der Waals surface area contributed by atoms with E-state index < -0.39 is 21.3 Å². The minimum atomic E-state index is -3.71. The molecule has 0 bridgehead atoms. The van der Waals surface area contributed by atoms with Crippen molar-refractivity contribution in [2.24, 2.45) is 5.41 Å². The Labute approximate surface area is 166 Å². The number of nitrogens with one attached hydrogen (secondary N) is 1. The molecular formula is C19H19BrN2O4S. The van der Waals surface area contributed by atoms with Crippen LogP contribution in [-0.4, -0.2) is 26.0 Å². The number of nitrogens with zero attached hydrogens (tertiary/aromatic N) is 1. The van der Waals surface area contributed by atoms with Gasteiger partial charge < -0.3 is 5.32 Å². The van der Waals surface area contributed by atoms with Crippen LogP contribution in [0.15, 0.2) is 46.9 Å². The van der Waals surface area contributed by atoms with Gasteiger partial charge in [0.2, 0.25) is 15.9 Å². The zero-order valence-corrected chi connectivity index (χ0v) is 17.5. The minimum absolute atomic E-state index is 0.232. The molecule has 0 atom stereocenters. The standard InChI is InChI=1S/C19H19BrN2O4S/c1-12-10-14(20)6-9-16(12)21-17(23)13-4-7-15(8-5-13)22-18(24)19(2,3)11-27(22,25)26/h4-10H,11H2,1-3H3,(H,21,23). The maximum Gasteiger partial charge on any atom is 0.255 e. The molecule has 1 saturated heterocycles. The van der Waals surface area contributed by atoms with Gasteiger partial charge in [-0.05, 0) is 68.8 Å². The molecule has 0 radical (unpaired) electrons. The molecule has 2 aromatic carbocycles. The highest BCUT2D eigenvalue weighted by molar-refractivity contribution is 9.10. The van der Waals surface area contributed by atoms with Crippen molar-refractivity contribution in [3.05, 3.63) is 58.1 Å². The van der Waals surface area contributed by atoms with Crippen LogP contribution >= 0.6 is 15.9 Å². The zero-order valence-electron chi connectivity index (χ0n) is 15.1. The maximum atomic E-state index is 12.5. The fourth-order valence-electron chi connectivity index (χ4n) is 2.97. The van der Waals surface area contributed by atoms with Crippen LogP contribution in [0, 0.1) is 12.3 Å². The fraction of sp³-hybridized carbons (Fsp3) is 0.263. The first-order chi connectivity index (χ1) is 12.5. The Hall–Kier alpha value is -2.19. The molecule has 2 amide bonds. The molecule has 0 saturated carbocycles. The first kappa shape index (κ1) is 19.6. The normalized spacial score (nSPS) is 17.8. The van der Waals surface area contributed by atoms with Gasteiger partial charge in [0.1, 0.15) is 0 Å². The van der Waals surface area contributed by atoms with Crippen LogP contribution in [0.2, 0.25) is 0 Å². The van der Waals surface area contributed by atoms with Crippen LogP contribution in [0.1, 0.15) is 29.8 Å². The van der Waals surface area contributed by atoms with Crippen molar-refractivity contribution in [2.45, 2.75) is 20.8 Å². The number of rotatable bonds is 3. The molecule has 0 aromatic heterocycles. The van der Waals surface area contributed by atoms with Crippen molar-refractivity contribution in [3.63, 3.8) is 0 Å². The molecule has 3 rings (SSSR count). The summed E-state index contributed by atoms with van der Waals surface area (Å²) in [5, 5.41) is 2.82. The van der Waals surface area contributed by atoms with E-state index in [-0.39, 0.29) is 17.3 Å². The fourth-order valence-corrected chi connectivity index (χ4v) is 5.55. The molecule has 1 aliphatic rings. The maximum absolute atomic E-state index is 12.5. The number of anilines is 2. The lowest BCUT2D eigenvalue weighted by Crippen LogP contribution is -2.32. The molecule has 142 valence electrons. The molecule has 2 aromatic rings. The summed E-state index contributed by atoms with van der Waals surface area (Å²) in [6, 6.07) is 11.5. The molecule has 27 heavy (non-hydrogen) atoms. The third-order valence-electron chi connectivity index (χ3n) is 4.39. The van der Waals surface area contributed by atoms with E-state index in [2.05, 4.69) is 21.2 Å². The van der Waals surface area contributed by atoms with Crippen LogP contribution in [-0.2, 0) is 14.8 Å². The lowest BCUT2D eigenvalue weighted by molar-refractivity contribution is -0.123. The van der Waals surface area contributed by atoms with Crippen LogP contribution in [0.25, 0.3) is 0 Å². The Bertz CT molecular complexity index is 1030. The lowest BCUT2D eigenvalue weighted by atomic mass is 9.95. The highest BCUT2D eigenvalue weighted by Gasteiger charge is 2.49. The summed E-state index contributed by atoms with van der Waals surface area (Å²) >= 11 is 3.38. The Balaban J connectivity index is 1.83. The van der Waals surface area contributed by atoms with Gasteiger partial charge >= 0.3 is 0 Å². The number of carbonyl (C=O) groups excluding carboxylic acids is 2. The summed E-state index contributed by atoms with van der Waals surface area (Å²) in [6.07, 6.45) is 0. The van der Waals surface area contributed by atoms with Gasteiger partial charge in [-0.2, -0.15) is 0 Å². The van der Waals surface area contributed by atoms with Gasteiger partial charge in [-0.3, -0.25) is 9.59 Å². The SMILES string of the molecule is Cc1cc(Br)ccc1NC(=O)c1ccc(N2C(=O)C(C)(C)CS2(=O)=O)cc1. The molecule has 6 nitrogen and oxygen atoms in total. The van der Waals surface area contributed by atoms with E-state index >= 15 is 0 Å². The molecule has 0 unspecified atom stereocenters. The number of benzene rings is 2. The Morgan fingerprint density at radius 1 is 1.15 bits per heavy atom. The average molecular weight is 451 g/mol. The molecular weight excluding hydrogens is 432 g/mol. The van der Waals surface area contributed by atoms with Gasteiger partial charge in [-0.25, -0.2) is 12.7 Å². The Kier molecular flexibility index (Phi) is 4.90. The molecule has 1 aliphatic heterocycles. The van der Waals surface area contributed by atoms with E-state index in [0.29, 0.717) is 11.3 Å². The number of aryl methyl sites for hydroxylation is 1. The van der Waals surface area contributed by atoms with Gasteiger partial charge in [0, 0.05) is 15.7 Å². The number of amides is 2. The zero-order chi connectivity index (χ0) is 20.0. The van der Waals surface area contributed by atoms with Gasteiger partial charge in [0.05, 0.1) is 16.9 Å². The number of carbonyl (C=O) groups is 2. The highest BCUT2D eigenvalue weighted by atomic mass is 79.9. The third-order valence-corrected chi connectivity index (χ3v) is 6.90. The summed E-state index contributed by atoms with van der Waals surface area (Å²) in [7, 11) is -3.71. The summed E-state index contributed by atoms with van der Waals surface area (Å²) < 4.78 is 26.4. The minimum Gasteiger partial charge on any atom is -0.322 e. The van der Waals surface area contributed by atoms with Crippen LogP contribution < -0.4 is 9.62 Å². The molecule has 1 fully saturated rings. The molecule has 1 heterocycles. The van der Waals surface area contributed by atoms with Crippen molar-refractivity contribution in [3.8, 4) is 0 Å². The predicted octanol–water partition coefficient (Wildman–Crippen LogP) is 3.71. The molecule has 0 aliphatic carbocycles. The topological polar surface area (TPSA) is 83.6 Å². The largest absolute Gasteiger partial charge is 0.322 e. The summed E-state index contributed by atoms with van der Waals surface area (Å²) in [5.41, 5.74) is 1.23. The van der Waals surface area contributed by atoms with E-state index in [4.69, 9.17) is 0 Å². The molecule has 1 N–H and O–H groups in total. The quantitative estimate of drug-likeness (QED) is 0.771. The van der Waals surface area contributed by atoms with Crippen LogP contribution in [0.3, 0.4) is 0 Å². The van der Waals surface area contributed by atoms with E-state index in [1.807, 2.05) is 19.1 Å². The first-order valence-corrected chi connectivity index (χ1v) is 10.7. The van der Waals surface area contributed by atoms with Gasteiger partial charge in [0.15, 0.2) is 0 Å². The summed E-state index contributed by atoms with van der Waals surface area (Å²) in [4.78, 5) is 24.9. The summed E-state index contributed by atoms with van der Waals surface area (Å²) in [6.45, 7) is 5.10. The highest BCUT2D eigenvalue weighted by Crippen LogP contribution is 2.35. The summed E-state index contributed by atoms with van der Waals surface area (Å²) in [5.74, 6) is -1.02. The molecule has 8 heteroatoms. The van der Waals surface area contributed by atoms with Gasteiger partial charge in [-0.1, -0.05) is 15.9 Å². The van der Waals surface area contributed by atoms with Crippen molar-refractivity contribution >= 4 is 49.1 Å².